The monoisotopic (exact) mass is 395 g/mol. The molecule has 0 aliphatic rings. The van der Waals surface area contributed by atoms with E-state index in [-0.39, 0.29) is 11.8 Å². The number of halogens is 1. The van der Waals surface area contributed by atoms with Crippen molar-refractivity contribution < 1.29 is 8.42 Å². The maximum Gasteiger partial charge on any atom is 0.216 e. The Bertz CT molecular complexity index is 816. The van der Waals surface area contributed by atoms with E-state index in [0.29, 0.717) is 0 Å². The topological polar surface area (TPSA) is 46.2 Å². The highest BCUT2D eigenvalue weighted by atomic mass is 79.9. The largest absolute Gasteiger partial charge is 0.216 e. The summed E-state index contributed by atoms with van der Waals surface area (Å²) in [5.74, 6) is -0.0271. The highest BCUT2D eigenvalue weighted by Gasteiger charge is 2.18. The second-order valence-corrected chi connectivity index (χ2v) is 8.69. The van der Waals surface area contributed by atoms with E-state index in [0.717, 1.165) is 21.2 Å². The van der Waals surface area contributed by atoms with Gasteiger partial charge in [0.1, 0.15) is 0 Å². The van der Waals surface area contributed by atoms with E-state index < -0.39 is 10.0 Å². The molecule has 0 heterocycles. The molecule has 2 rings (SSSR count). The van der Waals surface area contributed by atoms with E-state index in [9.17, 15) is 8.42 Å². The fourth-order valence-corrected chi connectivity index (χ4v) is 4.48. The molecule has 0 bridgehead atoms. The Kier molecular flexibility index (Phi) is 5.65. The summed E-state index contributed by atoms with van der Waals surface area (Å²) < 4.78 is 28.5. The van der Waals surface area contributed by atoms with Gasteiger partial charge in [-0.2, -0.15) is 0 Å². The molecule has 0 fully saturated rings. The lowest BCUT2D eigenvalue weighted by Crippen LogP contribution is -2.28. The molecule has 1 atom stereocenters. The number of hydrogen-bond acceptors (Lipinski definition) is 2. The summed E-state index contributed by atoms with van der Waals surface area (Å²) >= 11 is 3.37. The predicted octanol–water partition coefficient (Wildman–Crippen LogP) is 4.55. The number of aryl methyl sites for hydroxylation is 3. The number of hydrogen-bond donors (Lipinski definition) is 1. The van der Waals surface area contributed by atoms with Crippen LogP contribution in [-0.2, 0) is 15.8 Å². The quantitative estimate of drug-likeness (QED) is 0.806. The molecule has 0 amide bonds. The Hall–Kier alpha value is -1.17. The van der Waals surface area contributed by atoms with Crippen molar-refractivity contribution in [1.29, 1.82) is 0 Å². The first-order valence-corrected chi connectivity index (χ1v) is 9.94. The van der Waals surface area contributed by atoms with Crippen LogP contribution >= 0.6 is 15.9 Å². The molecule has 5 heteroatoms. The van der Waals surface area contributed by atoms with E-state index in [4.69, 9.17) is 0 Å². The van der Waals surface area contributed by atoms with Gasteiger partial charge in [0, 0.05) is 10.5 Å². The smallest absolute Gasteiger partial charge is 0.212 e. The van der Waals surface area contributed by atoms with Gasteiger partial charge in [0.05, 0.1) is 5.75 Å². The number of sulfonamides is 1. The second-order valence-electron chi connectivity index (χ2n) is 6.02. The summed E-state index contributed by atoms with van der Waals surface area (Å²) in [6.07, 6.45) is 0. The van der Waals surface area contributed by atoms with Gasteiger partial charge in [0.25, 0.3) is 0 Å². The molecule has 0 unspecified atom stereocenters. The molecule has 0 saturated carbocycles. The summed E-state index contributed by atoms with van der Waals surface area (Å²) in [4.78, 5) is 0. The molecule has 0 aliphatic carbocycles. The van der Waals surface area contributed by atoms with Crippen LogP contribution in [0.5, 0.6) is 0 Å². The van der Waals surface area contributed by atoms with Crippen LogP contribution in [-0.4, -0.2) is 8.42 Å². The van der Waals surface area contributed by atoms with Crippen LogP contribution in [0, 0.1) is 20.8 Å². The highest BCUT2D eigenvalue weighted by molar-refractivity contribution is 9.10. The van der Waals surface area contributed by atoms with Gasteiger partial charge in [-0.15, -0.1) is 0 Å². The summed E-state index contributed by atoms with van der Waals surface area (Å²) in [5, 5.41) is 0. The predicted molar refractivity (Wildman–Crippen MR) is 99.0 cm³/mol. The maximum absolute atomic E-state index is 12.4. The van der Waals surface area contributed by atoms with Crippen molar-refractivity contribution in [3.05, 3.63) is 68.7 Å². The van der Waals surface area contributed by atoms with E-state index in [1.165, 1.54) is 11.1 Å². The van der Waals surface area contributed by atoms with E-state index >= 15 is 0 Å². The minimum atomic E-state index is -3.41. The summed E-state index contributed by atoms with van der Waals surface area (Å²) in [7, 11) is -3.41. The van der Waals surface area contributed by atoms with Gasteiger partial charge in [0.2, 0.25) is 10.0 Å². The molecule has 0 saturated heterocycles. The summed E-state index contributed by atoms with van der Waals surface area (Å²) in [5.41, 5.74) is 5.27. The fraction of sp³-hybridized carbons (Fsp3) is 0.333. The zero-order valence-corrected chi connectivity index (χ0v) is 16.3. The van der Waals surface area contributed by atoms with Crippen molar-refractivity contribution in [2.24, 2.45) is 0 Å². The van der Waals surface area contributed by atoms with E-state index in [1.54, 1.807) is 0 Å². The Balaban J connectivity index is 2.18. The average Bonchev–Trinajstić information content (AvgIpc) is 2.41. The molecule has 0 aromatic heterocycles. The van der Waals surface area contributed by atoms with Crippen LogP contribution in [0.3, 0.4) is 0 Å². The van der Waals surface area contributed by atoms with Gasteiger partial charge < -0.3 is 0 Å². The van der Waals surface area contributed by atoms with Crippen LogP contribution in [0.1, 0.15) is 40.8 Å². The lowest BCUT2D eigenvalue weighted by Gasteiger charge is -2.18. The van der Waals surface area contributed by atoms with Crippen LogP contribution < -0.4 is 4.72 Å². The summed E-state index contributed by atoms with van der Waals surface area (Å²) in [6, 6.07) is 11.3. The molecule has 23 heavy (non-hydrogen) atoms. The van der Waals surface area contributed by atoms with Gasteiger partial charge in [-0.25, -0.2) is 13.1 Å². The Morgan fingerprint density at radius 2 is 1.70 bits per heavy atom. The van der Waals surface area contributed by atoms with Gasteiger partial charge in [-0.1, -0.05) is 40.2 Å². The van der Waals surface area contributed by atoms with Crippen molar-refractivity contribution in [3.63, 3.8) is 0 Å². The number of benzene rings is 2. The molecule has 0 spiro atoms. The van der Waals surface area contributed by atoms with Crippen LogP contribution in [0.2, 0.25) is 0 Å². The second kappa shape index (κ2) is 7.16. The third-order valence-electron chi connectivity index (χ3n) is 3.95. The maximum atomic E-state index is 12.4. The Morgan fingerprint density at radius 1 is 1.04 bits per heavy atom. The van der Waals surface area contributed by atoms with E-state index in [1.807, 2.05) is 45.0 Å². The zero-order chi connectivity index (χ0) is 17.2. The average molecular weight is 396 g/mol. The third kappa shape index (κ3) is 4.90. The van der Waals surface area contributed by atoms with Gasteiger partial charge in [0.15, 0.2) is 0 Å². The van der Waals surface area contributed by atoms with Crippen molar-refractivity contribution in [1.82, 2.24) is 4.72 Å². The molecule has 2 aromatic rings. The van der Waals surface area contributed by atoms with Gasteiger partial charge in [-0.3, -0.25) is 0 Å². The molecular formula is C18H22BrNO2S. The van der Waals surface area contributed by atoms with Crippen molar-refractivity contribution in [3.8, 4) is 0 Å². The standard InChI is InChI=1S/C18H22BrNO2S/c1-12-8-14(3)18(9-13(12)2)15(4)20-23(21,22)11-16-6-5-7-17(19)10-16/h5-10,15,20H,11H2,1-4H3/t15-/m1/s1. The number of rotatable bonds is 5. The minimum Gasteiger partial charge on any atom is -0.212 e. The minimum absolute atomic E-state index is 0.0271. The molecule has 1 N–H and O–H groups in total. The first-order chi connectivity index (χ1) is 10.7. The third-order valence-corrected chi connectivity index (χ3v) is 5.87. The molecule has 3 nitrogen and oxygen atoms in total. The van der Waals surface area contributed by atoms with E-state index in [2.05, 4.69) is 39.7 Å². The summed E-state index contributed by atoms with van der Waals surface area (Å²) in [6.45, 7) is 8.01. The zero-order valence-electron chi connectivity index (χ0n) is 13.9. The highest BCUT2D eigenvalue weighted by Crippen LogP contribution is 2.23. The fourth-order valence-electron chi connectivity index (χ4n) is 2.67. The van der Waals surface area contributed by atoms with Crippen molar-refractivity contribution >= 4 is 26.0 Å². The Morgan fingerprint density at radius 3 is 2.35 bits per heavy atom. The van der Waals surface area contributed by atoms with Crippen molar-refractivity contribution in [2.75, 3.05) is 0 Å². The Labute approximate surface area is 147 Å². The van der Waals surface area contributed by atoms with Gasteiger partial charge >= 0.3 is 0 Å². The first kappa shape index (κ1) is 18.2. The lowest BCUT2D eigenvalue weighted by molar-refractivity contribution is 0.565. The SMILES string of the molecule is Cc1cc(C)c([C@@H](C)NS(=O)(=O)Cc2cccc(Br)c2)cc1C. The first-order valence-electron chi connectivity index (χ1n) is 7.50. The lowest BCUT2D eigenvalue weighted by atomic mass is 9.97. The van der Waals surface area contributed by atoms with Gasteiger partial charge in [-0.05, 0) is 67.6 Å². The molecule has 124 valence electrons. The van der Waals surface area contributed by atoms with Crippen molar-refractivity contribution in [2.45, 2.75) is 39.5 Å². The van der Waals surface area contributed by atoms with Crippen LogP contribution in [0.15, 0.2) is 40.9 Å². The molecule has 0 radical (unpaired) electrons. The molecule has 0 aliphatic heterocycles. The molecule has 2 aromatic carbocycles. The normalized spacial score (nSPS) is 13.1. The molecular weight excluding hydrogens is 374 g/mol. The number of nitrogens with one attached hydrogen (secondary N) is 1. The van der Waals surface area contributed by atoms with Crippen LogP contribution in [0.25, 0.3) is 0 Å². The van der Waals surface area contributed by atoms with Crippen LogP contribution in [0.4, 0.5) is 0 Å².